The van der Waals surface area contributed by atoms with Gasteiger partial charge in [-0.25, -0.2) is 0 Å². The minimum absolute atomic E-state index is 0.251. The summed E-state index contributed by atoms with van der Waals surface area (Å²) >= 11 is 6.17. The van der Waals surface area contributed by atoms with Crippen LogP contribution in [0.4, 0.5) is 0 Å². The van der Waals surface area contributed by atoms with Crippen molar-refractivity contribution in [3.05, 3.63) is 64.2 Å². The van der Waals surface area contributed by atoms with Gasteiger partial charge < -0.3 is 5.11 Å². The quantitative estimate of drug-likeness (QED) is 0.893. The van der Waals surface area contributed by atoms with Gasteiger partial charge in [0.1, 0.15) is 5.75 Å². The van der Waals surface area contributed by atoms with E-state index in [4.69, 9.17) is 11.6 Å². The highest BCUT2D eigenvalue weighted by atomic mass is 35.5. The van der Waals surface area contributed by atoms with E-state index in [0.29, 0.717) is 11.6 Å². The van der Waals surface area contributed by atoms with Gasteiger partial charge in [-0.1, -0.05) is 41.4 Å². The molecule has 0 radical (unpaired) electrons. The van der Waals surface area contributed by atoms with E-state index in [0.717, 1.165) is 5.56 Å². The van der Waals surface area contributed by atoms with Crippen molar-refractivity contribution in [2.45, 2.75) is 26.4 Å². The molecule has 0 bridgehead atoms. The fourth-order valence-corrected chi connectivity index (χ4v) is 2.36. The third kappa shape index (κ3) is 3.53. The molecule has 0 heterocycles. The summed E-state index contributed by atoms with van der Waals surface area (Å²) in [7, 11) is 2.06. The van der Waals surface area contributed by atoms with Crippen molar-refractivity contribution in [1.29, 1.82) is 0 Å². The molecule has 0 saturated heterocycles. The molecule has 106 valence electrons. The Labute approximate surface area is 125 Å². The summed E-state index contributed by atoms with van der Waals surface area (Å²) in [5, 5.41) is 10.2. The van der Waals surface area contributed by atoms with Gasteiger partial charge in [-0.05, 0) is 50.2 Å². The molecule has 2 aromatic rings. The Bertz CT molecular complexity index is 580. The number of hydrogen-bond donors (Lipinski definition) is 1. The van der Waals surface area contributed by atoms with E-state index in [2.05, 4.69) is 50.1 Å². The van der Waals surface area contributed by atoms with Gasteiger partial charge in [-0.2, -0.15) is 0 Å². The van der Waals surface area contributed by atoms with Gasteiger partial charge in [0.25, 0.3) is 0 Å². The smallest absolute Gasteiger partial charge is 0.116 e. The second-order valence-corrected chi connectivity index (χ2v) is 5.68. The minimum atomic E-state index is 0.251. The molecular formula is C17H20ClNO. The molecule has 2 aromatic carbocycles. The third-order valence-electron chi connectivity index (χ3n) is 3.67. The lowest BCUT2D eigenvalue weighted by Gasteiger charge is -2.25. The van der Waals surface area contributed by atoms with E-state index >= 15 is 0 Å². The first-order chi connectivity index (χ1) is 9.47. The Morgan fingerprint density at radius 2 is 1.80 bits per heavy atom. The number of halogens is 1. The minimum Gasteiger partial charge on any atom is -0.508 e. The lowest BCUT2D eigenvalue weighted by Crippen LogP contribution is -2.22. The van der Waals surface area contributed by atoms with Gasteiger partial charge >= 0.3 is 0 Å². The summed E-state index contributed by atoms with van der Waals surface area (Å²) < 4.78 is 0. The lowest BCUT2D eigenvalue weighted by atomic mass is 10.0. The van der Waals surface area contributed by atoms with Crippen LogP contribution in [-0.2, 0) is 6.54 Å². The van der Waals surface area contributed by atoms with Gasteiger partial charge in [0.05, 0.1) is 0 Å². The van der Waals surface area contributed by atoms with Crippen molar-refractivity contribution in [1.82, 2.24) is 4.90 Å². The summed E-state index contributed by atoms with van der Waals surface area (Å²) in [6.45, 7) is 4.95. The average molecular weight is 290 g/mol. The summed E-state index contributed by atoms with van der Waals surface area (Å²) in [5.41, 5.74) is 3.47. The molecule has 0 aliphatic carbocycles. The Hall–Kier alpha value is -1.51. The van der Waals surface area contributed by atoms with Crippen LogP contribution in [0.5, 0.6) is 5.75 Å². The zero-order chi connectivity index (χ0) is 14.7. The van der Waals surface area contributed by atoms with Gasteiger partial charge in [-0.15, -0.1) is 0 Å². The van der Waals surface area contributed by atoms with Gasteiger partial charge in [-0.3, -0.25) is 4.90 Å². The van der Waals surface area contributed by atoms with Crippen molar-refractivity contribution in [3.63, 3.8) is 0 Å². The first kappa shape index (κ1) is 14.9. The molecule has 20 heavy (non-hydrogen) atoms. The van der Waals surface area contributed by atoms with Crippen LogP contribution in [-0.4, -0.2) is 17.1 Å². The summed E-state index contributed by atoms with van der Waals surface area (Å²) in [6, 6.07) is 13.9. The highest BCUT2D eigenvalue weighted by Crippen LogP contribution is 2.26. The van der Waals surface area contributed by atoms with Crippen LogP contribution in [0.3, 0.4) is 0 Å². The van der Waals surface area contributed by atoms with Crippen LogP contribution < -0.4 is 0 Å². The molecule has 0 aromatic heterocycles. The lowest BCUT2D eigenvalue weighted by molar-refractivity contribution is 0.253. The molecule has 0 saturated carbocycles. The normalized spacial score (nSPS) is 12.7. The highest BCUT2D eigenvalue weighted by molar-refractivity contribution is 6.31. The molecule has 0 amide bonds. The number of nitrogens with zero attached hydrogens (tertiary/aromatic N) is 1. The van der Waals surface area contributed by atoms with E-state index in [9.17, 15) is 5.11 Å². The molecule has 2 nitrogen and oxygen atoms in total. The second-order valence-electron chi connectivity index (χ2n) is 5.28. The summed E-state index contributed by atoms with van der Waals surface area (Å²) in [5.74, 6) is 0.251. The average Bonchev–Trinajstić information content (AvgIpc) is 2.43. The molecule has 0 aliphatic heterocycles. The number of phenolic OH excluding ortho intramolecular Hbond substituents is 1. The Morgan fingerprint density at radius 1 is 1.15 bits per heavy atom. The van der Waals surface area contributed by atoms with Crippen LogP contribution >= 0.6 is 11.6 Å². The van der Waals surface area contributed by atoms with Gasteiger partial charge in [0, 0.05) is 17.6 Å². The van der Waals surface area contributed by atoms with Crippen LogP contribution in [0.25, 0.3) is 0 Å². The number of aryl methyl sites for hydroxylation is 1. The fraction of sp³-hybridized carbons (Fsp3) is 0.294. The SMILES string of the molecule is Cc1ccc(C(C)N(C)Cc2cc(O)ccc2Cl)cc1. The maximum atomic E-state index is 9.56. The first-order valence-electron chi connectivity index (χ1n) is 6.71. The summed E-state index contributed by atoms with van der Waals surface area (Å²) in [4.78, 5) is 2.21. The van der Waals surface area contributed by atoms with E-state index < -0.39 is 0 Å². The monoisotopic (exact) mass is 289 g/mol. The van der Waals surface area contributed by atoms with Crippen LogP contribution in [0.15, 0.2) is 42.5 Å². The predicted octanol–water partition coefficient (Wildman–Crippen LogP) is 4.55. The maximum absolute atomic E-state index is 9.56. The van der Waals surface area contributed by atoms with Crippen molar-refractivity contribution >= 4 is 11.6 Å². The number of benzene rings is 2. The van der Waals surface area contributed by atoms with Crippen molar-refractivity contribution in [2.75, 3.05) is 7.05 Å². The molecule has 1 N–H and O–H groups in total. The molecule has 2 rings (SSSR count). The van der Waals surface area contributed by atoms with E-state index in [-0.39, 0.29) is 11.8 Å². The van der Waals surface area contributed by atoms with Crippen molar-refractivity contribution in [2.24, 2.45) is 0 Å². The Morgan fingerprint density at radius 3 is 2.45 bits per heavy atom. The van der Waals surface area contributed by atoms with Crippen molar-refractivity contribution < 1.29 is 5.11 Å². The van der Waals surface area contributed by atoms with Crippen LogP contribution in [0.1, 0.15) is 29.7 Å². The largest absolute Gasteiger partial charge is 0.508 e. The Kier molecular flexibility index (Phi) is 4.69. The zero-order valence-electron chi connectivity index (χ0n) is 12.1. The number of phenols is 1. The number of rotatable bonds is 4. The molecule has 1 unspecified atom stereocenters. The topological polar surface area (TPSA) is 23.5 Å². The van der Waals surface area contributed by atoms with Crippen molar-refractivity contribution in [3.8, 4) is 5.75 Å². The maximum Gasteiger partial charge on any atom is 0.116 e. The van der Waals surface area contributed by atoms with Gasteiger partial charge in [0.2, 0.25) is 0 Å². The van der Waals surface area contributed by atoms with E-state index in [1.807, 2.05) is 0 Å². The number of hydrogen-bond acceptors (Lipinski definition) is 2. The molecule has 0 spiro atoms. The zero-order valence-corrected chi connectivity index (χ0v) is 12.9. The number of aromatic hydroxyl groups is 1. The van der Waals surface area contributed by atoms with E-state index in [1.54, 1.807) is 18.2 Å². The fourth-order valence-electron chi connectivity index (χ4n) is 2.19. The highest BCUT2D eigenvalue weighted by Gasteiger charge is 2.13. The summed E-state index contributed by atoms with van der Waals surface area (Å²) in [6.07, 6.45) is 0. The standard InChI is InChI=1S/C17H20ClNO/c1-12-4-6-14(7-5-12)13(2)19(3)11-15-10-16(20)8-9-17(15)18/h4-10,13,20H,11H2,1-3H3. The molecule has 3 heteroatoms. The third-order valence-corrected chi connectivity index (χ3v) is 4.04. The first-order valence-corrected chi connectivity index (χ1v) is 7.09. The molecular weight excluding hydrogens is 270 g/mol. The van der Waals surface area contributed by atoms with Gasteiger partial charge in [0.15, 0.2) is 0 Å². The van der Waals surface area contributed by atoms with Crippen LogP contribution in [0.2, 0.25) is 5.02 Å². The molecule has 0 aliphatic rings. The predicted molar refractivity (Wildman–Crippen MR) is 84.2 cm³/mol. The van der Waals surface area contributed by atoms with E-state index in [1.165, 1.54) is 11.1 Å². The molecule has 0 fully saturated rings. The Balaban J connectivity index is 2.13. The molecule has 1 atom stereocenters. The van der Waals surface area contributed by atoms with Crippen LogP contribution in [0, 0.1) is 6.92 Å². The second kappa shape index (κ2) is 6.29.